The van der Waals surface area contributed by atoms with Crippen LogP contribution in [0.3, 0.4) is 0 Å². The molecule has 0 amide bonds. The summed E-state index contributed by atoms with van der Waals surface area (Å²) in [6.45, 7) is 5.12. The number of aryl methyl sites for hydroxylation is 2. The quantitative estimate of drug-likeness (QED) is 0.583. The van der Waals surface area contributed by atoms with E-state index in [1.807, 2.05) is 19.9 Å². The largest absolute Gasteiger partial charge is 0.492 e. The van der Waals surface area contributed by atoms with Crippen molar-refractivity contribution in [3.8, 4) is 17.2 Å². The maximum atomic E-state index is 11.0. The van der Waals surface area contributed by atoms with Gasteiger partial charge < -0.3 is 14.2 Å². The molecule has 0 saturated heterocycles. The lowest BCUT2D eigenvalue weighted by molar-refractivity contribution is -0.132. The summed E-state index contributed by atoms with van der Waals surface area (Å²) in [4.78, 5) is 11.0. The molecule has 88 valence electrons. The maximum absolute atomic E-state index is 11.0. The molecule has 0 saturated carbocycles. The molecule has 1 aromatic carbocycles. The number of hydrogen-bond acceptors (Lipinski definition) is 4. The average molecular weight is 224 g/mol. The Morgan fingerprint density at radius 2 is 1.50 bits per heavy atom. The molecule has 0 fully saturated rings. The van der Waals surface area contributed by atoms with Crippen molar-refractivity contribution < 1.29 is 19.0 Å². The van der Waals surface area contributed by atoms with Crippen LogP contribution in [0.5, 0.6) is 17.2 Å². The number of esters is 1. The second kappa shape index (κ2) is 4.88. The second-order valence-corrected chi connectivity index (χ2v) is 3.50. The SMILES string of the molecule is COc1c(C)cc(C)c(OC(C)=O)c1OC. The van der Waals surface area contributed by atoms with Gasteiger partial charge in [-0.05, 0) is 31.0 Å². The zero-order chi connectivity index (χ0) is 12.3. The van der Waals surface area contributed by atoms with Crippen LogP contribution in [-0.4, -0.2) is 20.2 Å². The van der Waals surface area contributed by atoms with Gasteiger partial charge >= 0.3 is 5.97 Å². The van der Waals surface area contributed by atoms with Crippen LogP contribution in [0.4, 0.5) is 0 Å². The molecule has 0 unspecified atom stereocenters. The molecule has 0 heterocycles. The van der Waals surface area contributed by atoms with Gasteiger partial charge in [-0.25, -0.2) is 0 Å². The highest BCUT2D eigenvalue weighted by atomic mass is 16.6. The molecule has 0 aliphatic rings. The molecule has 16 heavy (non-hydrogen) atoms. The highest BCUT2D eigenvalue weighted by molar-refractivity contribution is 5.72. The summed E-state index contributed by atoms with van der Waals surface area (Å²) in [5.41, 5.74) is 1.78. The van der Waals surface area contributed by atoms with Crippen LogP contribution in [0.15, 0.2) is 6.07 Å². The molecular weight excluding hydrogens is 208 g/mol. The molecule has 0 aromatic heterocycles. The van der Waals surface area contributed by atoms with E-state index >= 15 is 0 Å². The monoisotopic (exact) mass is 224 g/mol. The normalized spacial score (nSPS) is 9.81. The van der Waals surface area contributed by atoms with Crippen molar-refractivity contribution in [1.82, 2.24) is 0 Å². The van der Waals surface area contributed by atoms with E-state index in [4.69, 9.17) is 14.2 Å². The first kappa shape index (κ1) is 12.4. The minimum atomic E-state index is -0.382. The maximum Gasteiger partial charge on any atom is 0.308 e. The molecule has 1 aromatic rings. The van der Waals surface area contributed by atoms with Crippen molar-refractivity contribution >= 4 is 5.97 Å². The molecule has 0 spiro atoms. The fourth-order valence-corrected chi connectivity index (χ4v) is 1.63. The third-order valence-corrected chi connectivity index (χ3v) is 2.22. The van der Waals surface area contributed by atoms with E-state index < -0.39 is 0 Å². The van der Waals surface area contributed by atoms with Crippen molar-refractivity contribution in [2.45, 2.75) is 20.8 Å². The predicted molar refractivity (Wildman–Crippen MR) is 60.3 cm³/mol. The highest BCUT2D eigenvalue weighted by Gasteiger charge is 2.18. The van der Waals surface area contributed by atoms with Gasteiger partial charge in [0.15, 0.2) is 11.5 Å². The van der Waals surface area contributed by atoms with Crippen molar-refractivity contribution in [1.29, 1.82) is 0 Å². The van der Waals surface area contributed by atoms with Gasteiger partial charge in [0.2, 0.25) is 5.75 Å². The number of methoxy groups -OCH3 is 2. The van der Waals surface area contributed by atoms with Crippen LogP contribution in [0.1, 0.15) is 18.1 Å². The Balaban J connectivity index is 3.39. The van der Waals surface area contributed by atoms with Crippen LogP contribution in [0.25, 0.3) is 0 Å². The number of carbonyl (C=O) groups is 1. The molecule has 0 radical (unpaired) electrons. The molecule has 0 atom stereocenters. The Morgan fingerprint density at radius 1 is 1.00 bits per heavy atom. The van der Waals surface area contributed by atoms with E-state index in [9.17, 15) is 4.79 Å². The van der Waals surface area contributed by atoms with Gasteiger partial charge in [0, 0.05) is 6.92 Å². The van der Waals surface area contributed by atoms with Gasteiger partial charge in [0.1, 0.15) is 0 Å². The number of carbonyl (C=O) groups excluding carboxylic acids is 1. The van der Waals surface area contributed by atoms with Gasteiger partial charge in [0.25, 0.3) is 0 Å². The molecule has 0 aliphatic heterocycles. The smallest absolute Gasteiger partial charge is 0.308 e. The highest BCUT2D eigenvalue weighted by Crippen LogP contribution is 2.42. The van der Waals surface area contributed by atoms with E-state index in [-0.39, 0.29) is 5.97 Å². The van der Waals surface area contributed by atoms with Crippen molar-refractivity contribution in [3.05, 3.63) is 17.2 Å². The van der Waals surface area contributed by atoms with Crippen molar-refractivity contribution in [2.24, 2.45) is 0 Å². The van der Waals surface area contributed by atoms with Crippen LogP contribution in [-0.2, 0) is 4.79 Å². The van der Waals surface area contributed by atoms with E-state index in [1.165, 1.54) is 14.0 Å². The zero-order valence-electron chi connectivity index (χ0n) is 10.2. The third kappa shape index (κ3) is 2.27. The molecule has 0 bridgehead atoms. The van der Waals surface area contributed by atoms with Crippen LogP contribution in [0, 0.1) is 13.8 Å². The zero-order valence-corrected chi connectivity index (χ0v) is 10.2. The van der Waals surface area contributed by atoms with E-state index in [1.54, 1.807) is 7.11 Å². The van der Waals surface area contributed by atoms with Crippen LogP contribution in [0.2, 0.25) is 0 Å². The topological polar surface area (TPSA) is 44.8 Å². The first-order valence-electron chi connectivity index (χ1n) is 4.91. The summed E-state index contributed by atoms with van der Waals surface area (Å²) < 4.78 is 15.6. The Bertz CT molecular complexity index is 410. The van der Waals surface area contributed by atoms with E-state index in [0.717, 1.165) is 11.1 Å². The minimum absolute atomic E-state index is 0.382. The molecule has 1 rings (SSSR count). The van der Waals surface area contributed by atoms with Gasteiger partial charge in [0.05, 0.1) is 14.2 Å². The summed E-state index contributed by atoms with van der Waals surface area (Å²) >= 11 is 0. The summed E-state index contributed by atoms with van der Waals surface area (Å²) in [6.07, 6.45) is 0. The summed E-state index contributed by atoms with van der Waals surface area (Å²) in [6, 6.07) is 1.89. The predicted octanol–water partition coefficient (Wildman–Crippen LogP) is 2.25. The molecule has 4 nitrogen and oxygen atoms in total. The first-order valence-corrected chi connectivity index (χ1v) is 4.91. The van der Waals surface area contributed by atoms with E-state index in [0.29, 0.717) is 17.2 Å². The number of ether oxygens (including phenoxy) is 3. The molecular formula is C12H16O4. The lowest BCUT2D eigenvalue weighted by Gasteiger charge is -2.16. The lowest BCUT2D eigenvalue weighted by Crippen LogP contribution is -2.06. The summed E-state index contributed by atoms with van der Waals surface area (Å²) in [5.74, 6) is 1.07. The number of benzene rings is 1. The van der Waals surface area contributed by atoms with Gasteiger partial charge in [-0.15, -0.1) is 0 Å². The fourth-order valence-electron chi connectivity index (χ4n) is 1.63. The Morgan fingerprint density at radius 3 is 1.94 bits per heavy atom. The number of hydrogen-bond donors (Lipinski definition) is 0. The summed E-state index contributed by atoms with van der Waals surface area (Å²) in [5, 5.41) is 0. The molecule has 0 aliphatic carbocycles. The van der Waals surface area contributed by atoms with Gasteiger partial charge in [-0.2, -0.15) is 0 Å². The molecule has 0 N–H and O–H groups in total. The fraction of sp³-hybridized carbons (Fsp3) is 0.417. The average Bonchev–Trinajstić information content (AvgIpc) is 2.20. The first-order chi connectivity index (χ1) is 7.51. The Kier molecular flexibility index (Phi) is 3.77. The summed E-state index contributed by atoms with van der Waals surface area (Å²) in [7, 11) is 3.07. The Hall–Kier alpha value is -1.71. The van der Waals surface area contributed by atoms with E-state index in [2.05, 4.69) is 0 Å². The second-order valence-electron chi connectivity index (χ2n) is 3.50. The van der Waals surface area contributed by atoms with Crippen molar-refractivity contribution in [2.75, 3.05) is 14.2 Å². The van der Waals surface area contributed by atoms with Gasteiger partial charge in [-0.3, -0.25) is 4.79 Å². The lowest BCUT2D eigenvalue weighted by atomic mass is 10.1. The standard InChI is InChI=1S/C12H16O4/c1-7-6-8(2)11(16-9(3)13)12(15-5)10(7)14-4/h6H,1-5H3. The minimum Gasteiger partial charge on any atom is -0.492 e. The van der Waals surface area contributed by atoms with Crippen LogP contribution >= 0.6 is 0 Å². The third-order valence-electron chi connectivity index (χ3n) is 2.22. The number of rotatable bonds is 3. The molecule has 4 heteroatoms. The van der Waals surface area contributed by atoms with Gasteiger partial charge in [-0.1, -0.05) is 0 Å². The Labute approximate surface area is 95.1 Å². The van der Waals surface area contributed by atoms with Crippen LogP contribution < -0.4 is 14.2 Å². The van der Waals surface area contributed by atoms with Crippen molar-refractivity contribution in [3.63, 3.8) is 0 Å².